The van der Waals surface area contributed by atoms with Crippen LogP contribution in [0, 0.1) is 34.5 Å². The highest BCUT2D eigenvalue weighted by Crippen LogP contribution is 2.42. The van der Waals surface area contributed by atoms with Gasteiger partial charge >= 0.3 is 5.97 Å². The van der Waals surface area contributed by atoms with Crippen molar-refractivity contribution in [3.05, 3.63) is 11.1 Å². The maximum absolute atomic E-state index is 10.9. The minimum atomic E-state index is -1.53. The Kier molecular flexibility index (Phi) is 4.60. The molecule has 0 aromatic heterocycles. The van der Waals surface area contributed by atoms with Crippen LogP contribution >= 0.6 is 0 Å². The van der Waals surface area contributed by atoms with Crippen LogP contribution in [0.25, 0.3) is 0 Å². The molecule has 0 saturated carbocycles. The van der Waals surface area contributed by atoms with Gasteiger partial charge < -0.3 is 14.9 Å². The fraction of sp³-hybridized carbons (Fsp3) is 0.600. The summed E-state index contributed by atoms with van der Waals surface area (Å²) >= 11 is 0. The average Bonchev–Trinajstić information content (AvgIpc) is 2.33. The van der Waals surface area contributed by atoms with E-state index < -0.39 is 17.0 Å². The molecule has 1 heterocycles. The van der Waals surface area contributed by atoms with E-state index in [2.05, 4.69) is 17.9 Å². The number of carbonyl (C=O) groups is 1. The first-order valence-electron chi connectivity index (χ1n) is 6.35. The molecule has 1 fully saturated rings. The summed E-state index contributed by atoms with van der Waals surface area (Å²) in [5.74, 6) is 4.06. The van der Waals surface area contributed by atoms with E-state index in [9.17, 15) is 15.2 Å². The van der Waals surface area contributed by atoms with Crippen molar-refractivity contribution in [3.8, 4) is 17.9 Å². The zero-order valence-electron chi connectivity index (χ0n) is 12.1. The Balaban J connectivity index is 3.23. The van der Waals surface area contributed by atoms with Crippen molar-refractivity contribution >= 4 is 5.97 Å². The maximum atomic E-state index is 10.9. The SMILES string of the molecule is C/C(C#C[C@](O)(C(C)C)C1(C#N)COC1)=C(\C)C(=O)O. The van der Waals surface area contributed by atoms with Crippen LogP contribution in [-0.2, 0) is 9.53 Å². The average molecular weight is 277 g/mol. The highest BCUT2D eigenvalue weighted by Gasteiger charge is 2.57. The third-order valence-electron chi connectivity index (χ3n) is 3.80. The van der Waals surface area contributed by atoms with Gasteiger partial charge in [0, 0.05) is 11.1 Å². The van der Waals surface area contributed by atoms with E-state index in [0.29, 0.717) is 5.57 Å². The Morgan fingerprint density at radius 1 is 1.40 bits per heavy atom. The van der Waals surface area contributed by atoms with E-state index in [4.69, 9.17) is 9.84 Å². The molecule has 1 rings (SSSR count). The van der Waals surface area contributed by atoms with Crippen molar-refractivity contribution in [1.82, 2.24) is 0 Å². The van der Waals surface area contributed by atoms with E-state index in [0.717, 1.165) is 0 Å². The number of aliphatic carboxylic acids is 1. The number of carboxylic acids is 1. The highest BCUT2D eigenvalue weighted by molar-refractivity contribution is 5.87. The first kappa shape index (κ1) is 16.2. The van der Waals surface area contributed by atoms with Gasteiger partial charge in [0.25, 0.3) is 0 Å². The van der Waals surface area contributed by atoms with Gasteiger partial charge in [-0.25, -0.2) is 4.79 Å². The third kappa shape index (κ3) is 2.56. The topological polar surface area (TPSA) is 90.5 Å². The number of hydrogen-bond donors (Lipinski definition) is 2. The molecule has 1 atom stereocenters. The Morgan fingerprint density at radius 2 is 1.95 bits per heavy atom. The number of carboxylic acid groups (broad SMARTS) is 1. The number of nitrogens with zero attached hydrogens (tertiary/aromatic N) is 1. The quantitative estimate of drug-likeness (QED) is 0.600. The molecular weight excluding hydrogens is 258 g/mol. The minimum Gasteiger partial charge on any atom is -0.478 e. The van der Waals surface area contributed by atoms with Crippen molar-refractivity contribution in [2.75, 3.05) is 13.2 Å². The van der Waals surface area contributed by atoms with E-state index in [1.165, 1.54) is 6.92 Å². The van der Waals surface area contributed by atoms with Gasteiger partial charge in [-0.15, -0.1) is 0 Å². The van der Waals surface area contributed by atoms with Crippen molar-refractivity contribution in [2.24, 2.45) is 11.3 Å². The van der Waals surface area contributed by atoms with Gasteiger partial charge in [-0.05, 0) is 19.8 Å². The molecule has 0 bridgehead atoms. The summed E-state index contributed by atoms with van der Waals surface area (Å²) in [6, 6.07) is 2.10. The number of allylic oxidation sites excluding steroid dienone is 1. The number of hydrogen-bond acceptors (Lipinski definition) is 4. The molecule has 0 aromatic carbocycles. The van der Waals surface area contributed by atoms with E-state index in [-0.39, 0.29) is 24.7 Å². The van der Waals surface area contributed by atoms with Crippen molar-refractivity contribution in [2.45, 2.75) is 33.3 Å². The van der Waals surface area contributed by atoms with Gasteiger partial charge in [-0.1, -0.05) is 25.7 Å². The van der Waals surface area contributed by atoms with Crippen LogP contribution < -0.4 is 0 Å². The number of rotatable bonds is 3. The van der Waals surface area contributed by atoms with Crippen molar-refractivity contribution in [1.29, 1.82) is 5.26 Å². The summed E-state index contributed by atoms with van der Waals surface area (Å²) in [6.45, 7) is 6.84. The van der Waals surface area contributed by atoms with Crippen LogP contribution in [0.15, 0.2) is 11.1 Å². The maximum Gasteiger partial charge on any atom is 0.332 e. The zero-order valence-corrected chi connectivity index (χ0v) is 12.1. The van der Waals surface area contributed by atoms with Crippen molar-refractivity contribution < 1.29 is 19.7 Å². The molecule has 0 radical (unpaired) electrons. The molecule has 5 nitrogen and oxygen atoms in total. The summed E-state index contributed by atoms with van der Waals surface area (Å²) in [6.07, 6.45) is 0. The number of aliphatic hydroxyl groups is 1. The van der Waals surface area contributed by atoms with Gasteiger partial charge in [0.1, 0.15) is 5.41 Å². The van der Waals surface area contributed by atoms with Gasteiger partial charge in [0.2, 0.25) is 0 Å². The molecule has 0 spiro atoms. The lowest BCUT2D eigenvalue weighted by atomic mass is 9.66. The summed E-state index contributed by atoms with van der Waals surface area (Å²) in [5, 5.41) is 29.0. The van der Waals surface area contributed by atoms with Crippen LogP contribution in [0.1, 0.15) is 27.7 Å². The predicted octanol–water partition coefficient (Wildman–Crippen LogP) is 1.34. The first-order chi connectivity index (χ1) is 9.20. The zero-order chi connectivity index (χ0) is 15.6. The summed E-state index contributed by atoms with van der Waals surface area (Å²) in [7, 11) is 0. The molecule has 1 aliphatic rings. The minimum absolute atomic E-state index is 0.125. The second kappa shape index (κ2) is 5.66. The van der Waals surface area contributed by atoms with Crippen LogP contribution in [0.5, 0.6) is 0 Å². The van der Waals surface area contributed by atoms with Crippen molar-refractivity contribution in [3.63, 3.8) is 0 Å². The lowest BCUT2D eigenvalue weighted by Crippen LogP contribution is -2.61. The molecule has 0 unspecified atom stereocenters. The van der Waals surface area contributed by atoms with Crippen LogP contribution in [0.3, 0.4) is 0 Å². The van der Waals surface area contributed by atoms with E-state index >= 15 is 0 Å². The lowest BCUT2D eigenvalue weighted by Gasteiger charge is -2.47. The number of ether oxygens (including phenoxy) is 1. The molecule has 2 N–H and O–H groups in total. The molecule has 1 aliphatic heterocycles. The van der Waals surface area contributed by atoms with Gasteiger partial charge in [-0.3, -0.25) is 0 Å². The summed E-state index contributed by atoms with van der Waals surface area (Å²) in [4.78, 5) is 10.9. The predicted molar refractivity (Wildman–Crippen MR) is 72.4 cm³/mol. The Bertz CT molecular complexity index is 540. The molecule has 0 aliphatic carbocycles. The Morgan fingerprint density at radius 3 is 2.25 bits per heavy atom. The van der Waals surface area contributed by atoms with Crippen LogP contribution in [-0.4, -0.2) is 35.0 Å². The smallest absolute Gasteiger partial charge is 0.332 e. The summed E-state index contributed by atoms with van der Waals surface area (Å²) in [5.41, 5.74) is -2.09. The fourth-order valence-corrected chi connectivity index (χ4v) is 1.94. The third-order valence-corrected chi connectivity index (χ3v) is 3.80. The highest BCUT2D eigenvalue weighted by atomic mass is 16.5. The Hall–Kier alpha value is -1.82. The molecule has 5 heteroatoms. The van der Waals surface area contributed by atoms with Crippen LogP contribution in [0.2, 0.25) is 0 Å². The van der Waals surface area contributed by atoms with Gasteiger partial charge in [0.15, 0.2) is 5.60 Å². The lowest BCUT2D eigenvalue weighted by molar-refractivity contribution is -0.180. The summed E-state index contributed by atoms with van der Waals surface area (Å²) < 4.78 is 5.06. The van der Waals surface area contributed by atoms with Gasteiger partial charge in [0.05, 0.1) is 19.3 Å². The first-order valence-corrected chi connectivity index (χ1v) is 6.35. The van der Waals surface area contributed by atoms with Gasteiger partial charge in [-0.2, -0.15) is 5.26 Å². The molecule has 0 amide bonds. The monoisotopic (exact) mass is 277 g/mol. The molecular formula is C15H19NO4. The van der Waals surface area contributed by atoms with E-state index in [1.54, 1.807) is 20.8 Å². The molecule has 108 valence electrons. The molecule has 1 saturated heterocycles. The largest absolute Gasteiger partial charge is 0.478 e. The Labute approximate surface area is 118 Å². The van der Waals surface area contributed by atoms with E-state index in [1.807, 2.05) is 0 Å². The molecule has 0 aromatic rings. The normalized spacial score (nSPS) is 20.6. The second-order valence-electron chi connectivity index (χ2n) is 5.41. The fourth-order valence-electron chi connectivity index (χ4n) is 1.94. The molecule has 20 heavy (non-hydrogen) atoms. The standard InChI is InChI=1S/C15H19NO4/c1-10(2)15(19,14(7-16)8-20-9-14)6-5-11(3)12(4)13(17)18/h10,19H,8-9H2,1-4H3,(H,17,18)/b12-11-/t15-/m0/s1. The van der Waals surface area contributed by atoms with Crippen LogP contribution in [0.4, 0.5) is 0 Å². The second-order valence-corrected chi connectivity index (χ2v) is 5.41. The number of nitriles is 1.